The zero-order chi connectivity index (χ0) is 14.9. The lowest BCUT2D eigenvalue weighted by Crippen LogP contribution is -2.46. The normalized spacial score (nSPS) is 11.4. The molecule has 2 aromatic heterocycles. The van der Waals surface area contributed by atoms with Crippen LogP contribution in [0.2, 0.25) is 5.02 Å². The Balaban J connectivity index is 2.47. The van der Waals surface area contributed by atoms with Gasteiger partial charge in [-0.05, 0) is 12.1 Å². The Hall–Kier alpha value is -2.20. The average Bonchev–Trinajstić information content (AvgIpc) is 2.38. The molecule has 0 atom stereocenters. The van der Waals surface area contributed by atoms with E-state index in [2.05, 4.69) is 15.0 Å². The Kier molecular flexibility index (Phi) is 3.59. The summed E-state index contributed by atoms with van der Waals surface area (Å²) in [6, 6.07) is 2.98. The molecule has 0 bridgehead atoms. The zero-order valence-electron chi connectivity index (χ0n) is 9.54. The first-order chi connectivity index (χ1) is 9.30. The summed E-state index contributed by atoms with van der Waals surface area (Å²) < 4.78 is 37.8. The molecule has 0 radical (unpaired) electrons. The molecule has 0 spiro atoms. The van der Waals surface area contributed by atoms with E-state index in [-0.39, 0.29) is 10.8 Å². The predicted molar refractivity (Wildman–Crippen MR) is 63.2 cm³/mol. The SMILES string of the molecule is NN(c1ncn(-c2ncccc2Cl)c(=O)n1)C(F)(F)F. The molecule has 106 valence electrons. The molecule has 0 aliphatic heterocycles. The Morgan fingerprint density at radius 1 is 1.35 bits per heavy atom. The molecule has 2 aromatic rings. The maximum absolute atomic E-state index is 12.3. The minimum absolute atomic E-state index is 0.00120. The summed E-state index contributed by atoms with van der Waals surface area (Å²) in [5.41, 5.74) is -1.05. The highest BCUT2D eigenvalue weighted by atomic mass is 35.5. The molecule has 2 N–H and O–H groups in total. The molecule has 0 amide bonds. The van der Waals surface area contributed by atoms with E-state index in [1.54, 1.807) is 0 Å². The van der Waals surface area contributed by atoms with Crippen molar-refractivity contribution in [3.63, 3.8) is 0 Å². The minimum atomic E-state index is -4.90. The number of rotatable bonds is 2. The van der Waals surface area contributed by atoms with Gasteiger partial charge in [0, 0.05) is 6.20 Å². The third-order valence-electron chi connectivity index (χ3n) is 2.15. The van der Waals surface area contributed by atoms with E-state index in [4.69, 9.17) is 17.4 Å². The summed E-state index contributed by atoms with van der Waals surface area (Å²) in [4.78, 5) is 22.0. The van der Waals surface area contributed by atoms with Crippen molar-refractivity contribution >= 4 is 17.5 Å². The highest BCUT2D eigenvalue weighted by Crippen LogP contribution is 2.21. The average molecular weight is 307 g/mol. The lowest BCUT2D eigenvalue weighted by atomic mass is 10.4. The molecule has 2 rings (SSSR count). The Labute approximate surface area is 114 Å². The smallest absolute Gasteiger partial charge is 0.245 e. The number of pyridine rings is 1. The minimum Gasteiger partial charge on any atom is -0.245 e. The van der Waals surface area contributed by atoms with Gasteiger partial charge in [-0.2, -0.15) is 9.99 Å². The summed E-state index contributed by atoms with van der Waals surface area (Å²) in [6.45, 7) is 0. The number of aromatic nitrogens is 4. The molecule has 0 fully saturated rings. The van der Waals surface area contributed by atoms with E-state index < -0.39 is 22.9 Å². The van der Waals surface area contributed by atoms with Crippen molar-refractivity contribution in [2.45, 2.75) is 6.30 Å². The maximum atomic E-state index is 12.3. The predicted octanol–water partition coefficient (Wildman–Crippen LogP) is 0.876. The van der Waals surface area contributed by atoms with E-state index in [0.717, 1.165) is 10.9 Å². The molecule has 0 saturated heterocycles. The van der Waals surface area contributed by atoms with Gasteiger partial charge in [-0.1, -0.05) is 11.6 Å². The zero-order valence-corrected chi connectivity index (χ0v) is 10.3. The molecule has 20 heavy (non-hydrogen) atoms. The van der Waals surface area contributed by atoms with Crippen LogP contribution in [0.1, 0.15) is 0 Å². The van der Waals surface area contributed by atoms with E-state index in [9.17, 15) is 18.0 Å². The summed E-state index contributed by atoms with van der Waals surface area (Å²) in [5, 5.41) is -0.551. The summed E-state index contributed by atoms with van der Waals surface area (Å²) in [7, 11) is 0. The van der Waals surface area contributed by atoms with Crippen molar-refractivity contribution < 1.29 is 13.2 Å². The number of hydrogen-bond acceptors (Lipinski definition) is 6. The number of hydrogen-bond donors (Lipinski definition) is 1. The van der Waals surface area contributed by atoms with Crippen LogP contribution in [0.5, 0.6) is 0 Å². The van der Waals surface area contributed by atoms with Gasteiger partial charge in [0.15, 0.2) is 5.82 Å². The van der Waals surface area contributed by atoms with Crippen LogP contribution in [0.25, 0.3) is 5.82 Å². The first kappa shape index (κ1) is 14.2. The summed E-state index contributed by atoms with van der Waals surface area (Å²) >= 11 is 5.81. The van der Waals surface area contributed by atoms with Gasteiger partial charge in [0.25, 0.3) is 5.95 Å². The van der Waals surface area contributed by atoms with E-state index in [0.29, 0.717) is 0 Å². The highest BCUT2D eigenvalue weighted by molar-refractivity contribution is 6.32. The van der Waals surface area contributed by atoms with Crippen LogP contribution in [0.15, 0.2) is 29.5 Å². The molecule has 2 heterocycles. The van der Waals surface area contributed by atoms with Gasteiger partial charge < -0.3 is 0 Å². The second-order valence-corrected chi connectivity index (χ2v) is 3.86. The fraction of sp³-hybridized carbons (Fsp3) is 0.111. The summed E-state index contributed by atoms with van der Waals surface area (Å²) in [5.74, 6) is 3.77. The van der Waals surface area contributed by atoms with Crippen LogP contribution in [0.4, 0.5) is 19.1 Å². The van der Waals surface area contributed by atoms with Gasteiger partial charge in [-0.3, -0.25) is 0 Å². The largest absolute Gasteiger partial charge is 0.501 e. The highest BCUT2D eigenvalue weighted by Gasteiger charge is 2.37. The number of hydrazine groups is 1. The Morgan fingerprint density at radius 3 is 2.60 bits per heavy atom. The van der Waals surface area contributed by atoms with Gasteiger partial charge in [-0.15, -0.1) is 13.2 Å². The third kappa shape index (κ3) is 2.70. The van der Waals surface area contributed by atoms with Crippen LogP contribution in [-0.4, -0.2) is 25.8 Å². The molecule has 7 nitrogen and oxygen atoms in total. The molecule has 0 aliphatic carbocycles. The second kappa shape index (κ2) is 5.06. The van der Waals surface area contributed by atoms with Crippen molar-refractivity contribution in [2.75, 3.05) is 5.01 Å². The van der Waals surface area contributed by atoms with Crippen LogP contribution >= 0.6 is 11.6 Å². The Morgan fingerprint density at radius 2 is 2.05 bits per heavy atom. The van der Waals surface area contributed by atoms with Crippen molar-refractivity contribution in [3.05, 3.63) is 40.2 Å². The van der Waals surface area contributed by atoms with Crippen molar-refractivity contribution in [1.82, 2.24) is 19.5 Å². The molecule has 0 unspecified atom stereocenters. The monoisotopic (exact) mass is 306 g/mol. The van der Waals surface area contributed by atoms with Crippen LogP contribution in [0, 0.1) is 0 Å². The van der Waals surface area contributed by atoms with Crippen molar-refractivity contribution in [1.29, 1.82) is 0 Å². The van der Waals surface area contributed by atoms with E-state index in [1.165, 1.54) is 18.3 Å². The lowest BCUT2D eigenvalue weighted by Gasteiger charge is -2.18. The van der Waals surface area contributed by atoms with Crippen molar-refractivity contribution in [2.24, 2.45) is 5.84 Å². The number of alkyl halides is 3. The molecule has 0 aromatic carbocycles. The van der Waals surface area contributed by atoms with Gasteiger partial charge in [0.1, 0.15) is 6.33 Å². The molecule has 11 heteroatoms. The number of halogens is 4. The first-order valence-corrected chi connectivity index (χ1v) is 5.37. The second-order valence-electron chi connectivity index (χ2n) is 3.46. The summed E-state index contributed by atoms with van der Waals surface area (Å²) in [6.07, 6.45) is -2.74. The quantitative estimate of drug-likeness (QED) is 0.503. The molecular formula is C9H6ClF3N6O. The van der Waals surface area contributed by atoms with E-state index >= 15 is 0 Å². The van der Waals surface area contributed by atoms with Gasteiger partial charge >= 0.3 is 12.0 Å². The molecule has 0 aliphatic rings. The van der Waals surface area contributed by atoms with Gasteiger partial charge in [0.2, 0.25) is 0 Å². The van der Waals surface area contributed by atoms with Gasteiger partial charge in [0.05, 0.1) is 5.02 Å². The number of anilines is 1. The fourth-order valence-electron chi connectivity index (χ4n) is 1.26. The van der Waals surface area contributed by atoms with Gasteiger partial charge in [-0.25, -0.2) is 25.2 Å². The van der Waals surface area contributed by atoms with E-state index in [1.807, 2.05) is 0 Å². The third-order valence-corrected chi connectivity index (χ3v) is 2.44. The Bertz CT molecular complexity index is 688. The first-order valence-electron chi connectivity index (χ1n) is 4.99. The van der Waals surface area contributed by atoms with Crippen molar-refractivity contribution in [3.8, 4) is 5.82 Å². The van der Waals surface area contributed by atoms with Crippen LogP contribution in [-0.2, 0) is 0 Å². The molecular weight excluding hydrogens is 301 g/mol. The van der Waals surface area contributed by atoms with Crippen LogP contribution in [0.3, 0.4) is 0 Å². The maximum Gasteiger partial charge on any atom is 0.501 e. The topological polar surface area (TPSA) is 89.9 Å². The standard InChI is InChI=1S/C9H6ClF3N6O/c10-5-2-1-3-15-6(5)18-4-16-7(17-8(18)20)19(14)9(11,12)13/h1-4H,14H2. The number of nitrogens with zero attached hydrogens (tertiary/aromatic N) is 5. The van der Waals surface area contributed by atoms with Crippen LogP contribution < -0.4 is 16.5 Å². The number of nitrogens with two attached hydrogens (primary N) is 1. The fourth-order valence-corrected chi connectivity index (χ4v) is 1.47. The molecule has 0 saturated carbocycles. The lowest BCUT2D eigenvalue weighted by molar-refractivity contribution is -0.130.